The van der Waals surface area contributed by atoms with Gasteiger partial charge < -0.3 is 5.32 Å². The summed E-state index contributed by atoms with van der Waals surface area (Å²) in [4.78, 5) is 0.418. The van der Waals surface area contributed by atoms with Crippen LogP contribution in [0, 0.1) is 6.92 Å². The first kappa shape index (κ1) is 13.5. The molecule has 5 heteroatoms. The molecule has 20 heavy (non-hydrogen) atoms. The molecule has 1 aliphatic rings. The summed E-state index contributed by atoms with van der Waals surface area (Å²) < 4.78 is 24.3. The molecule has 0 radical (unpaired) electrons. The number of fused-ring (bicyclic) bond motifs is 1. The second kappa shape index (κ2) is 4.79. The number of benzene rings is 2. The Morgan fingerprint density at radius 1 is 1.20 bits per heavy atom. The summed E-state index contributed by atoms with van der Waals surface area (Å²) in [6, 6.07) is 12.5. The number of hydrogen-bond donors (Lipinski definition) is 1. The SMILES string of the molecule is Cc1ccc(Cl)c(NC2CS(=O)(=O)c3ccccc32)c1. The largest absolute Gasteiger partial charge is 0.376 e. The number of rotatable bonds is 2. The Kier molecular flexibility index (Phi) is 3.22. The third-order valence-electron chi connectivity index (χ3n) is 3.47. The molecule has 3 rings (SSSR count). The van der Waals surface area contributed by atoms with Crippen LogP contribution in [0.15, 0.2) is 47.4 Å². The van der Waals surface area contributed by atoms with Gasteiger partial charge in [-0.1, -0.05) is 35.9 Å². The Morgan fingerprint density at radius 2 is 1.95 bits per heavy atom. The van der Waals surface area contributed by atoms with Crippen molar-refractivity contribution in [1.82, 2.24) is 0 Å². The highest BCUT2D eigenvalue weighted by molar-refractivity contribution is 7.91. The third-order valence-corrected chi connectivity index (χ3v) is 5.61. The summed E-state index contributed by atoms with van der Waals surface area (Å²) in [5, 5.41) is 3.85. The molecule has 0 fully saturated rings. The maximum Gasteiger partial charge on any atom is 0.181 e. The van der Waals surface area contributed by atoms with Gasteiger partial charge in [-0.2, -0.15) is 0 Å². The van der Waals surface area contributed by atoms with Crippen molar-refractivity contribution in [1.29, 1.82) is 0 Å². The fourth-order valence-electron chi connectivity index (χ4n) is 2.51. The number of anilines is 1. The summed E-state index contributed by atoms with van der Waals surface area (Å²) >= 11 is 6.16. The van der Waals surface area contributed by atoms with Crippen molar-refractivity contribution in [3.8, 4) is 0 Å². The Morgan fingerprint density at radius 3 is 2.75 bits per heavy atom. The van der Waals surface area contributed by atoms with Crippen molar-refractivity contribution < 1.29 is 8.42 Å². The third kappa shape index (κ3) is 2.30. The number of nitrogens with one attached hydrogen (secondary N) is 1. The van der Waals surface area contributed by atoms with Crippen LogP contribution >= 0.6 is 11.6 Å². The molecular weight excluding hydrogens is 294 g/mol. The van der Waals surface area contributed by atoms with Gasteiger partial charge in [0.05, 0.1) is 27.4 Å². The highest BCUT2D eigenvalue weighted by Gasteiger charge is 2.34. The lowest BCUT2D eigenvalue weighted by Gasteiger charge is -2.16. The monoisotopic (exact) mass is 307 g/mol. The molecule has 0 saturated heterocycles. The van der Waals surface area contributed by atoms with E-state index >= 15 is 0 Å². The minimum atomic E-state index is -3.20. The fraction of sp³-hybridized carbons (Fsp3) is 0.200. The van der Waals surface area contributed by atoms with Gasteiger partial charge in [-0.15, -0.1) is 0 Å². The van der Waals surface area contributed by atoms with E-state index in [-0.39, 0.29) is 11.8 Å². The van der Waals surface area contributed by atoms with E-state index in [1.54, 1.807) is 12.1 Å². The minimum Gasteiger partial charge on any atom is -0.376 e. The first-order valence-electron chi connectivity index (χ1n) is 6.32. The van der Waals surface area contributed by atoms with Gasteiger partial charge in [-0.05, 0) is 36.2 Å². The van der Waals surface area contributed by atoms with Crippen molar-refractivity contribution in [2.45, 2.75) is 17.9 Å². The molecule has 0 spiro atoms. The van der Waals surface area contributed by atoms with E-state index in [0.29, 0.717) is 9.92 Å². The van der Waals surface area contributed by atoms with Crippen LogP contribution in [0.1, 0.15) is 17.2 Å². The Hall–Kier alpha value is -1.52. The van der Waals surface area contributed by atoms with Crippen molar-refractivity contribution in [3.63, 3.8) is 0 Å². The van der Waals surface area contributed by atoms with Gasteiger partial charge in [0.1, 0.15) is 0 Å². The second-order valence-electron chi connectivity index (χ2n) is 5.00. The first-order valence-corrected chi connectivity index (χ1v) is 8.35. The van der Waals surface area contributed by atoms with Crippen LogP contribution in [-0.2, 0) is 9.84 Å². The lowest BCUT2D eigenvalue weighted by molar-refractivity contribution is 0.598. The normalized spacial score (nSPS) is 19.6. The smallest absolute Gasteiger partial charge is 0.181 e. The Labute approximate surface area is 123 Å². The molecule has 2 aromatic rings. The summed E-state index contributed by atoms with van der Waals surface area (Å²) in [5.41, 5.74) is 2.65. The standard InChI is InChI=1S/C15H14ClNO2S/c1-10-6-7-12(16)13(8-10)17-14-9-20(18,19)15-5-3-2-4-11(14)15/h2-8,14,17H,9H2,1H3. The van der Waals surface area contributed by atoms with Crippen LogP contribution in [0.25, 0.3) is 0 Å². The molecule has 1 N–H and O–H groups in total. The van der Waals surface area contributed by atoms with Gasteiger partial charge in [0.2, 0.25) is 0 Å². The average molecular weight is 308 g/mol. The number of hydrogen-bond acceptors (Lipinski definition) is 3. The summed E-state index contributed by atoms with van der Waals surface area (Å²) in [7, 11) is -3.20. The van der Waals surface area contributed by atoms with Crippen molar-refractivity contribution in [2.24, 2.45) is 0 Å². The predicted octanol–water partition coefficient (Wildman–Crippen LogP) is 3.59. The lowest BCUT2D eigenvalue weighted by atomic mass is 10.1. The molecule has 0 aromatic heterocycles. The van der Waals surface area contributed by atoms with E-state index < -0.39 is 9.84 Å². The zero-order valence-electron chi connectivity index (χ0n) is 10.9. The Bertz CT molecular complexity index is 771. The van der Waals surface area contributed by atoms with Crippen molar-refractivity contribution >= 4 is 27.1 Å². The van der Waals surface area contributed by atoms with E-state index in [9.17, 15) is 8.42 Å². The zero-order chi connectivity index (χ0) is 14.3. The van der Waals surface area contributed by atoms with Gasteiger partial charge in [0.15, 0.2) is 9.84 Å². The van der Waals surface area contributed by atoms with Crippen LogP contribution < -0.4 is 5.32 Å². The molecule has 3 nitrogen and oxygen atoms in total. The molecule has 1 heterocycles. The maximum absolute atomic E-state index is 12.1. The topological polar surface area (TPSA) is 46.2 Å². The van der Waals surface area contributed by atoms with Gasteiger partial charge in [0, 0.05) is 0 Å². The molecule has 0 saturated carbocycles. The zero-order valence-corrected chi connectivity index (χ0v) is 12.5. The molecule has 0 amide bonds. The van der Waals surface area contributed by atoms with Gasteiger partial charge in [0.25, 0.3) is 0 Å². The molecule has 0 aliphatic carbocycles. The van der Waals surface area contributed by atoms with E-state index in [4.69, 9.17) is 11.6 Å². The first-order chi connectivity index (χ1) is 9.47. The molecule has 1 aliphatic heterocycles. The van der Waals surface area contributed by atoms with Gasteiger partial charge in [-0.3, -0.25) is 0 Å². The number of halogens is 1. The summed E-state index contributed by atoms with van der Waals surface area (Å²) in [5.74, 6) is 0.0661. The Balaban J connectivity index is 2.00. The van der Waals surface area contributed by atoms with E-state index in [1.165, 1.54) is 0 Å². The molecule has 1 unspecified atom stereocenters. The van der Waals surface area contributed by atoms with Crippen LogP contribution in [0.5, 0.6) is 0 Å². The van der Waals surface area contributed by atoms with Crippen LogP contribution in [0.3, 0.4) is 0 Å². The molecule has 0 bridgehead atoms. The van der Waals surface area contributed by atoms with Crippen molar-refractivity contribution in [3.05, 3.63) is 58.6 Å². The van der Waals surface area contributed by atoms with E-state index in [1.807, 2.05) is 37.3 Å². The van der Waals surface area contributed by atoms with Gasteiger partial charge in [-0.25, -0.2) is 8.42 Å². The molecular formula is C15H14ClNO2S. The van der Waals surface area contributed by atoms with Crippen LogP contribution in [0.2, 0.25) is 5.02 Å². The molecule has 2 aromatic carbocycles. The van der Waals surface area contributed by atoms with Gasteiger partial charge >= 0.3 is 0 Å². The lowest BCUT2D eigenvalue weighted by Crippen LogP contribution is -2.13. The minimum absolute atomic E-state index is 0.0661. The number of sulfone groups is 1. The highest BCUT2D eigenvalue weighted by Crippen LogP contribution is 2.36. The molecule has 104 valence electrons. The van der Waals surface area contributed by atoms with Crippen LogP contribution in [-0.4, -0.2) is 14.2 Å². The van der Waals surface area contributed by atoms with E-state index in [0.717, 1.165) is 16.8 Å². The van der Waals surface area contributed by atoms with Crippen molar-refractivity contribution in [2.75, 3.05) is 11.1 Å². The maximum atomic E-state index is 12.1. The fourth-order valence-corrected chi connectivity index (χ4v) is 4.42. The second-order valence-corrected chi connectivity index (χ2v) is 7.41. The molecule has 1 atom stereocenters. The quantitative estimate of drug-likeness (QED) is 0.922. The van der Waals surface area contributed by atoms with Crippen LogP contribution in [0.4, 0.5) is 5.69 Å². The predicted molar refractivity (Wildman–Crippen MR) is 81.0 cm³/mol. The average Bonchev–Trinajstić information content (AvgIpc) is 2.66. The number of aryl methyl sites for hydroxylation is 1. The summed E-state index contributed by atoms with van der Waals surface area (Å²) in [6.45, 7) is 1.97. The highest BCUT2D eigenvalue weighted by atomic mass is 35.5. The van der Waals surface area contributed by atoms with E-state index in [2.05, 4.69) is 5.32 Å². The summed E-state index contributed by atoms with van der Waals surface area (Å²) in [6.07, 6.45) is 0.